The predicted octanol–water partition coefficient (Wildman–Crippen LogP) is 1.00. The number of aliphatic carboxylic acids is 2. The summed E-state index contributed by atoms with van der Waals surface area (Å²) in [5.41, 5.74) is -0.492. The molecule has 1 saturated carbocycles. The molecule has 1 atom stereocenters. The lowest BCUT2D eigenvalue weighted by Gasteiger charge is -2.26. The second-order valence-corrected chi connectivity index (χ2v) is 5.08. The van der Waals surface area contributed by atoms with Crippen LogP contribution in [-0.4, -0.2) is 34.1 Å². The number of amides is 1. The van der Waals surface area contributed by atoms with E-state index in [0.717, 1.165) is 12.8 Å². The monoisotopic (exact) mass is 257 g/mol. The molecule has 0 spiro atoms. The first-order chi connectivity index (χ1) is 8.34. The van der Waals surface area contributed by atoms with Crippen LogP contribution in [0.25, 0.3) is 0 Å². The molecule has 0 aromatic carbocycles. The summed E-state index contributed by atoms with van der Waals surface area (Å²) < 4.78 is 0. The van der Waals surface area contributed by atoms with Crippen molar-refractivity contribution in [2.45, 2.75) is 51.5 Å². The van der Waals surface area contributed by atoms with Crippen LogP contribution in [0.3, 0.4) is 0 Å². The lowest BCUT2D eigenvalue weighted by Crippen LogP contribution is -2.40. The zero-order chi connectivity index (χ0) is 13.8. The van der Waals surface area contributed by atoms with E-state index in [1.54, 1.807) is 0 Å². The van der Waals surface area contributed by atoms with E-state index in [2.05, 4.69) is 5.32 Å². The quantitative estimate of drug-likeness (QED) is 0.658. The number of carbonyl (C=O) groups is 3. The molecular formula is C12H19NO5. The van der Waals surface area contributed by atoms with Gasteiger partial charge >= 0.3 is 11.9 Å². The summed E-state index contributed by atoms with van der Waals surface area (Å²) in [7, 11) is 0. The molecule has 18 heavy (non-hydrogen) atoms. The highest BCUT2D eigenvalue weighted by Crippen LogP contribution is 2.43. The van der Waals surface area contributed by atoms with Gasteiger partial charge in [-0.2, -0.15) is 0 Å². The molecule has 1 unspecified atom stereocenters. The van der Waals surface area contributed by atoms with E-state index in [1.807, 2.05) is 0 Å². The maximum atomic E-state index is 11.7. The van der Waals surface area contributed by atoms with E-state index in [0.29, 0.717) is 12.8 Å². The molecule has 0 bridgehead atoms. The van der Waals surface area contributed by atoms with E-state index < -0.39 is 23.4 Å². The van der Waals surface area contributed by atoms with Crippen molar-refractivity contribution >= 4 is 17.8 Å². The topological polar surface area (TPSA) is 104 Å². The van der Waals surface area contributed by atoms with Gasteiger partial charge in [0.25, 0.3) is 0 Å². The van der Waals surface area contributed by atoms with E-state index in [9.17, 15) is 14.4 Å². The summed E-state index contributed by atoms with van der Waals surface area (Å²) in [4.78, 5) is 33.2. The summed E-state index contributed by atoms with van der Waals surface area (Å²) in [6.45, 7) is 1.39. The summed E-state index contributed by atoms with van der Waals surface area (Å²) in [5, 5.41) is 20.0. The van der Waals surface area contributed by atoms with Crippen molar-refractivity contribution in [3.63, 3.8) is 0 Å². The van der Waals surface area contributed by atoms with Gasteiger partial charge in [0, 0.05) is 6.42 Å². The average Bonchev–Trinajstić information content (AvgIpc) is 2.64. The fourth-order valence-corrected chi connectivity index (χ4v) is 2.56. The molecule has 0 heterocycles. The van der Waals surface area contributed by atoms with Crippen LogP contribution in [0.1, 0.15) is 45.4 Å². The highest BCUT2D eigenvalue weighted by atomic mass is 16.4. The van der Waals surface area contributed by atoms with Crippen LogP contribution in [0, 0.1) is 5.41 Å². The second-order valence-electron chi connectivity index (χ2n) is 5.08. The molecule has 0 radical (unpaired) electrons. The number of carboxylic acid groups (broad SMARTS) is 2. The lowest BCUT2D eigenvalue weighted by atomic mass is 9.79. The van der Waals surface area contributed by atoms with Crippen LogP contribution < -0.4 is 5.32 Å². The maximum absolute atomic E-state index is 11.7. The van der Waals surface area contributed by atoms with Crippen molar-refractivity contribution in [3.05, 3.63) is 0 Å². The molecule has 1 aliphatic rings. The van der Waals surface area contributed by atoms with E-state index in [-0.39, 0.29) is 18.7 Å². The Bertz CT molecular complexity index is 346. The first-order valence-electron chi connectivity index (χ1n) is 6.09. The Morgan fingerprint density at radius 1 is 1.17 bits per heavy atom. The number of hydrogen-bond donors (Lipinski definition) is 3. The standard InChI is InChI=1S/C12H19NO5/c1-8(11(17)18)13-9(14)6-12(7-10(15)16)4-2-3-5-12/h8H,2-7H2,1H3,(H,13,14)(H,15,16)(H,17,18). The number of rotatable bonds is 6. The van der Waals surface area contributed by atoms with E-state index in [1.165, 1.54) is 6.92 Å². The zero-order valence-corrected chi connectivity index (χ0v) is 10.4. The van der Waals surface area contributed by atoms with Gasteiger partial charge in [0.1, 0.15) is 6.04 Å². The van der Waals surface area contributed by atoms with Gasteiger partial charge in [-0.15, -0.1) is 0 Å². The van der Waals surface area contributed by atoms with Crippen LogP contribution in [0.15, 0.2) is 0 Å². The lowest BCUT2D eigenvalue weighted by molar-refractivity contribution is -0.143. The third-order valence-corrected chi connectivity index (χ3v) is 3.47. The van der Waals surface area contributed by atoms with E-state index >= 15 is 0 Å². The normalized spacial score (nSPS) is 19.2. The second kappa shape index (κ2) is 5.84. The smallest absolute Gasteiger partial charge is 0.325 e. The predicted molar refractivity (Wildman–Crippen MR) is 63.0 cm³/mol. The molecule has 1 aliphatic carbocycles. The molecule has 0 aromatic heterocycles. The third kappa shape index (κ3) is 4.01. The molecule has 0 aliphatic heterocycles. The molecule has 1 amide bonds. The number of carbonyl (C=O) groups excluding carboxylic acids is 1. The Hall–Kier alpha value is -1.59. The molecular weight excluding hydrogens is 238 g/mol. The Kier molecular flexibility index (Phi) is 4.69. The van der Waals surface area contributed by atoms with Crippen molar-refractivity contribution < 1.29 is 24.6 Å². The van der Waals surface area contributed by atoms with Gasteiger partial charge < -0.3 is 15.5 Å². The van der Waals surface area contributed by atoms with Crippen molar-refractivity contribution in [2.75, 3.05) is 0 Å². The SMILES string of the molecule is CC(NC(=O)CC1(CC(=O)O)CCCC1)C(=O)O. The Labute approximate surface area is 105 Å². The number of carboxylic acids is 2. The highest BCUT2D eigenvalue weighted by molar-refractivity contribution is 5.84. The minimum absolute atomic E-state index is 0.0259. The molecule has 6 nitrogen and oxygen atoms in total. The van der Waals surface area contributed by atoms with Crippen LogP contribution in [-0.2, 0) is 14.4 Å². The van der Waals surface area contributed by atoms with Gasteiger partial charge in [-0.25, -0.2) is 0 Å². The number of hydrogen-bond acceptors (Lipinski definition) is 3. The van der Waals surface area contributed by atoms with Crippen molar-refractivity contribution in [2.24, 2.45) is 5.41 Å². The van der Waals surface area contributed by atoms with Gasteiger partial charge in [0.05, 0.1) is 6.42 Å². The Balaban J connectivity index is 2.58. The van der Waals surface area contributed by atoms with Gasteiger partial charge in [-0.1, -0.05) is 12.8 Å². The molecule has 0 saturated heterocycles. The first kappa shape index (κ1) is 14.5. The van der Waals surface area contributed by atoms with Gasteiger partial charge in [0.2, 0.25) is 5.91 Å². The number of nitrogens with one attached hydrogen (secondary N) is 1. The summed E-state index contributed by atoms with van der Waals surface area (Å²) in [5.74, 6) is -2.38. The molecule has 1 rings (SSSR count). The summed E-state index contributed by atoms with van der Waals surface area (Å²) in [6, 6.07) is -0.944. The Morgan fingerprint density at radius 3 is 2.17 bits per heavy atom. The molecule has 102 valence electrons. The van der Waals surface area contributed by atoms with Crippen LogP contribution in [0.5, 0.6) is 0 Å². The zero-order valence-electron chi connectivity index (χ0n) is 10.4. The van der Waals surface area contributed by atoms with Gasteiger partial charge in [0.15, 0.2) is 0 Å². The van der Waals surface area contributed by atoms with Crippen molar-refractivity contribution in [3.8, 4) is 0 Å². The summed E-state index contributed by atoms with van der Waals surface area (Å²) in [6.07, 6.45) is 3.35. The minimum Gasteiger partial charge on any atom is -0.481 e. The largest absolute Gasteiger partial charge is 0.481 e. The van der Waals surface area contributed by atoms with Crippen molar-refractivity contribution in [1.29, 1.82) is 0 Å². The molecule has 6 heteroatoms. The average molecular weight is 257 g/mol. The maximum Gasteiger partial charge on any atom is 0.325 e. The Morgan fingerprint density at radius 2 is 1.72 bits per heavy atom. The van der Waals surface area contributed by atoms with E-state index in [4.69, 9.17) is 10.2 Å². The summed E-state index contributed by atoms with van der Waals surface area (Å²) >= 11 is 0. The van der Waals surface area contributed by atoms with Gasteiger partial charge in [-0.3, -0.25) is 14.4 Å². The fraction of sp³-hybridized carbons (Fsp3) is 0.750. The third-order valence-electron chi connectivity index (χ3n) is 3.47. The van der Waals surface area contributed by atoms with Crippen LogP contribution in [0.4, 0.5) is 0 Å². The molecule has 0 aromatic rings. The fourth-order valence-electron chi connectivity index (χ4n) is 2.56. The van der Waals surface area contributed by atoms with Crippen molar-refractivity contribution in [1.82, 2.24) is 5.32 Å². The first-order valence-corrected chi connectivity index (χ1v) is 6.09. The van der Waals surface area contributed by atoms with Crippen LogP contribution >= 0.6 is 0 Å². The van der Waals surface area contributed by atoms with Gasteiger partial charge in [-0.05, 0) is 25.2 Å². The van der Waals surface area contributed by atoms with Crippen LogP contribution in [0.2, 0.25) is 0 Å². The molecule has 3 N–H and O–H groups in total. The highest BCUT2D eigenvalue weighted by Gasteiger charge is 2.38. The minimum atomic E-state index is -1.10. The molecule has 1 fully saturated rings.